The number of hydrogen-bond acceptors (Lipinski definition) is 6. The Morgan fingerprint density at radius 3 is 2.48 bits per heavy atom. The van der Waals surface area contributed by atoms with Crippen LogP contribution in [0.25, 0.3) is 11.3 Å². The summed E-state index contributed by atoms with van der Waals surface area (Å²) in [6.45, 7) is 6.43. The standard InChI is InChI=1S/C25H27N5O3/c1-15-10-16(2)23(17(3)11-15)30-20(24(31)32)12-18-4-6-19(7-5-18)21-13-28-22(33-21)14-29-25-26-8-9-27-25/h4-11,13,20,30H,12,14H2,1-3H3,(H,31,32)(H2,26,27,29). The fraction of sp³-hybridized carbons (Fsp3) is 0.240. The van der Waals surface area contributed by atoms with Crippen molar-refractivity contribution in [3.05, 3.63) is 83.1 Å². The molecule has 4 rings (SSSR count). The van der Waals surface area contributed by atoms with Crippen LogP contribution in [-0.2, 0) is 17.8 Å². The average molecular weight is 446 g/mol. The van der Waals surface area contributed by atoms with Crippen molar-refractivity contribution in [2.45, 2.75) is 39.8 Å². The molecular formula is C25H27N5O3. The number of rotatable bonds is 9. The predicted molar refractivity (Wildman–Crippen MR) is 127 cm³/mol. The summed E-state index contributed by atoms with van der Waals surface area (Å²) in [6, 6.07) is 11.1. The van der Waals surface area contributed by atoms with Gasteiger partial charge in [0.15, 0.2) is 5.76 Å². The maximum absolute atomic E-state index is 11.9. The molecular weight excluding hydrogens is 418 g/mol. The molecule has 0 amide bonds. The minimum atomic E-state index is -0.887. The van der Waals surface area contributed by atoms with Crippen LogP contribution < -0.4 is 10.6 Å². The monoisotopic (exact) mass is 445 g/mol. The Balaban J connectivity index is 1.42. The topological polar surface area (TPSA) is 116 Å². The first-order valence-corrected chi connectivity index (χ1v) is 10.7. The molecule has 1 atom stereocenters. The van der Waals surface area contributed by atoms with Crippen LogP contribution in [0.15, 0.2) is 59.4 Å². The quantitative estimate of drug-likeness (QED) is 0.295. The van der Waals surface area contributed by atoms with Crippen LogP contribution in [0.3, 0.4) is 0 Å². The van der Waals surface area contributed by atoms with E-state index in [2.05, 4.69) is 37.7 Å². The Kier molecular flexibility index (Phi) is 6.44. The van der Waals surface area contributed by atoms with E-state index in [-0.39, 0.29) is 0 Å². The molecule has 0 spiro atoms. The number of H-pyrrole nitrogens is 1. The Morgan fingerprint density at radius 1 is 1.12 bits per heavy atom. The van der Waals surface area contributed by atoms with Gasteiger partial charge in [0.1, 0.15) is 6.04 Å². The molecule has 0 aliphatic rings. The first kappa shape index (κ1) is 22.1. The van der Waals surface area contributed by atoms with E-state index >= 15 is 0 Å². The summed E-state index contributed by atoms with van der Waals surface area (Å²) < 4.78 is 5.82. The van der Waals surface area contributed by atoms with E-state index in [1.165, 1.54) is 0 Å². The Bertz CT molecular complexity index is 1210. The van der Waals surface area contributed by atoms with E-state index in [1.54, 1.807) is 18.6 Å². The van der Waals surface area contributed by atoms with Crippen molar-refractivity contribution < 1.29 is 14.3 Å². The van der Waals surface area contributed by atoms with Crippen molar-refractivity contribution in [2.24, 2.45) is 0 Å². The highest BCUT2D eigenvalue weighted by Gasteiger charge is 2.20. The van der Waals surface area contributed by atoms with Gasteiger partial charge < -0.3 is 25.1 Å². The number of aromatic amines is 1. The lowest BCUT2D eigenvalue weighted by atomic mass is 10.0. The Hall–Kier alpha value is -4.07. The first-order valence-electron chi connectivity index (χ1n) is 10.7. The van der Waals surface area contributed by atoms with E-state index in [1.807, 2.05) is 45.0 Å². The number of hydrogen-bond donors (Lipinski definition) is 4. The number of aliphatic carboxylic acids is 1. The summed E-state index contributed by atoms with van der Waals surface area (Å²) in [5, 5.41) is 16.1. The second-order valence-corrected chi connectivity index (χ2v) is 8.12. The highest BCUT2D eigenvalue weighted by molar-refractivity contribution is 5.79. The van der Waals surface area contributed by atoms with Crippen LogP contribution in [0.4, 0.5) is 11.6 Å². The lowest BCUT2D eigenvalue weighted by Crippen LogP contribution is -2.32. The summed E-state index contributed by atoms with van der Waals surface area (Å²) in [5.74, 6) is 0.958. The van der Waals surface area contributed by atoms with Gasteiger partial charge >= 0.3 is 5.97 Å². The van der Waals surface area contributed by atoms with Crippen LogP contribution in [0.1, 0.15) is 28.1 Å². The summed E-state index contributed by atoms with van der Waals surface area (Å²) in [5.41, 5.74) is 5.90. The van der Waals surface area contributed by atoms with Crippen molar-refractivity contribution in [1.82, 2.24) is 15.0 Å². The number of imidazole rings is 1. The number of anilines is 2. The molecule has 4 N–H and O–H groups in total. The lowest BCUT2D eigenvalue weighted by molar-refractivity contribution is -0.137. The molecule has 1 unspecified atom stereocenters. The molecule has 33 heavy (non-hydrogen) atoms. The van der Waals surface area contributed by atoms with Crippen LogP contribution in [0, 0.1) is 20.8 Å². The number of nitrogens with one attached hydrogen (secondary N) is 3. The molecule has 0 saturated heterocycles. The predicted octanol–water partition coefficient (Wildman–Crippen LogP) is 4.71. The van der Waals surface area contributed by atoms with Gasteiger partial charge in [0, 0.05) is 30.1 Å². The zero-order chi connectivity index (χ0) is 23.4. The number of aromatic nitrogens is 3. The van der Waals surface area contributed by atoms with Gasteiger partial charge in [-0.2, -0.15) is 0 Å². The van der Waals surface area contributed by atoms with Gasteiger partial charge in [0.2, 0.25) is 11.8 Å². The number of benzene rings is 2. The van der Waals surface area contributed by atoms with Crippen LogP contribution >= 0.6 is 0 Å². The lowest BCUT2D eigenvalue weighted by Gasteiger charge is -2.20. The number of oxazole rings is 1. The average Bonchev–Trinajstić information content (AvgIpc) is 3.46. The highest BCUT2D eigenvalue weighted by Crippen LogP contribution is 2.25. The van der Waals surface area contributed by atoms with Gasteiger partial charge in [-0.1, -0.05) is 42.0 Å². The Labute approximate surface area is 192 Å². The molecule has 0 fully saturated rings. The van der Waals surface area contributed by atoms with Crippen LogP contribution in [-0.4, -0.2) is 32.1 Å². The number of nitrogens with zero attached hydrogens (tertiary/aromatic N) is 2. The number of carbonyl (C=O) groups is 1. The fourth-order valence-electron chi connectivity index (χ4n) is 3.87. The minimum absolute atomic E-state index is 0.358. The molecule has 2 heterocycles. The molecule has 0 radical (unpaired) electrons. The summed E-state index contributed by atoms with van der Waals surface area (Å²) in [7, 11) is 0. The van der Waals surface area contributed by atoms with Gasteiger partial charge in [-0.15, -0.1) is 0 Å². The molecule has 0 aliphatic heterocycles. The van der Waals surface area contributed by atoms with Crippen LogP contribution in [0.5, 0.6) is 0 Å². The molecule has 8 heteroatoms. The van der Waals surface area contributed by atoms with Crippen molar-refractivity contribution in [3.63, 3.8) is 0 Å². The molecule has 2 aromatic carbocycles. The van der Waals surface area contributed by atoms with E-state index in [0.29, 0.717) is 30.6 Å². The van der Waals surface area contributed by atoms with Gasteiger partial charge in [-0.3, -0.25) is 0 Å². The van der Waals surface area contributed by atoms with E-state index in [0.717, 1.165) is 33.5 Å². The van der Waals surface area contributed by atoms with Crippen molar-refractivity contribution in [1.29, 1.82) is 0 Å². The maximum Gasteiger partial charge on any atom is 0.326 e. The van der Waals surface area contributed by atoms with Crippen LogP contribution in [0.2, 0.25) is 0 Å². The smallest absolute Gasteiger partial charge is 0.326 e. The normalized spacial score (nSPS) is 11.8. The van der Waals surface area contributed by atoms with E-state index in [4.69, 9.17) is 4.42 Å². The molecule has 0 saturated carbocycles. The third-order valence-corrected chi connectivity index (χ3v) is 5.43. The van der Waals surface area contributed by atoms with Gasteiger partial charge in [-0.25, -0.2) is 14.8 Å². The molecule has 0 bridgehead atoms. The second kappa shape index (κ2) is 9.60. The zero-order valence-corrected chi connectivity index (χ0v) is 18.8. The minimum Gasteiger partial charge on any atom is -0.480 e. The third-order valence-electron chi connectivity index (χ3n) is 5.43. The Morgan fingerprint density at radius 2 is 1.85 bits per heavy atom. The molecule has 4 aromatic rings. The van der Waals surface area contributed by atoms with Gasteiger partial charge in [0.25, 0.3) is 0 Å². The SMILES string of the molecule is Cc1cc(C)c(NC(Cc2ccc(-c3cnc(CNc4ncc[nH]4)o3)cc2)C(=O)O)c(C)c1. The number of aryl methyl sites for hydroxylation is 3. The van der Waals surface area contributed by atoms with Gasteiger partial charge in [-0.05, 0) is 37.5 Å². The summed E-state index contributed by atoms with van der Waals surface area (Å²) >= 11 is 0. The third kappa shape index (κ3) is 5.41. The molecule has 170 valence electrons. The summed E-state index contributed by atoms with van der Waals surface area (Å²) in [6.07, 6.45) is 5.44. The fourth-order valence-corrected chi connectivity index (χ4v) is 3.87. The second-order valence-electron chi connectivity index (χ2n) is 8.12. The maximum atomic E-state index is 11.9. The first-order chi connectivity index (χ1) is 15.9. The molecule has 0 aliphatic carbocycles. The summed E-state index contributed by atoms with van der Waals surface area (Å²) in [4.78, 5) is 23.3. The van der Waals surface area contributed by atoms with Gasteiger partial charge in [0.05, 0.1) is 12.7 Å². The molecule has 2 aromatic heterocycles. The number of carboxylic acids is 1. The van der Waals surface area contributed by atoms with Crippen molar-refractivity contribution in [3.8, 4) is 11.3 Å². The van der Waals surface area contributed by atoms with Crippen molar-refractivity contribution in [2.75, 3.05) is 10.6 Å². The number of carboxylic acid groups (broad SMARTS) is 1. The molecule has 8 nitrogen and oxygen atoms in total. The zero-order valence-electron chi connectivity index (χ0n) is 18.8. The van der Waals surface area contributed by atoms with E-state index < -0.39 is 12.0 Å². The van der Waals surface area contributed by atoms with Crippen molar-refractivity contribution >= 4 is 17.6 Å². The largest absolute Gasteiger partial charge is 0.480 e. The highest BCUT2D eigenvalue weighted by atomic mass is 16.4. The van der Waals surface area contributed by atoms with E-state index in [9.17, 15) is 9.90 Å².